The molecule has 11 heteroatoms. The average Bonchev–Trinajstić information content (AvgIpc) is 3.29. The van der Waals surface area contributed by atoms with Crippen molar-refractivity contribution < 1.29 is 49.3 Å². The topological polar surface area (TPSA) is 175 Å². The van der Waals surface area contributed by atoms with E-state index in [0.29, 0.717) is 25.9 Å². The third-order valence-electron chi connectivity index (χ3n) is 11.9. The lowest BCUT2D eigenvalue weighted by Crippen LogP contribution is -2.60. The largest absolute Gasteiger partial charge is 0.466 e. The number of allylic oxidation sites excluding steroid dienone is 7. The second-order valence-corrected chi connectivity index (χ2v) is 17.9. The number of hydrogen-bond acceptors (Lipinski definition) is 10. The highest BCUT2D eigenvalue weighted by Gasteiger charge is 2.44. The van der Waals surface area contributed by atoms with Crippen LogP contribution in [-0.2, 0) is 23.8 Å². The van der Waals surface area contributed by atoms with Crippen molar-refractivity contribution in [2.45, 2.75) is 256 Å². The lowest BCUT2D eigenvalue weighted by molar-refractivity contribution is -0.302. The quantitative estimate of drug-likeness (QED) is 0.0196. The molecule has 1 saturated heterocycles. The van der Waals surface area contributed by atoms with Gasteiger partial charge < -0.3 is 45.1 Å². The number of unbranched alkanes of at least 4 members (excludes halogenated alkanes) is 23. The van der Waals surface area contributed by atoms with Crippen LogP contribution < -0.4 is 5.32 Å². The lowest BCUT2D eigenvalue weighted by Gasteiger charge is -2.40. The third-order valence-corrected chi connectivity index (χ3v) is 11.9. The molecule has 0 aromatic heterocycles. The zero-order valence-electron chi connectivity index (χ0n) is 40.5. The van der Waals surface area contributed by atoms with Crippen LogP contribution in [0.4, 0.5) is 0 Å². The maximum Gasteiger partial charge on any atom is 0.305 e. The third kappa shape index (κ3) is 33.1. The van der Waals surface area contributed by atoms with Crippen molar-refractivity contribution >= 4 is 11.9 Å². The van der Waals surface area contributed by atoms with Gasteiger partial charge in [0.05, 0.1) is 32.0 Å². The van der Waals surface area contributed by atoms with Gasteiger partial charge in [0, 0.05) is 12.8 Å². The van der Waals surface area contributed by atoms with Crippen molar-refractivity contribution in [2.75, 3.05) is 19.8 Å². The van der Waals surface area contributed by atoms with Gasteiger partial charge in [-0.1, -0.05) is 159 Å². The van der Waals surface area contributed by atoms with E-state index in [1.807, 2.05) is 6.08 Å². The highest BCUT2D eigenvalue weighted by atomic mass is 16.7. The first-order chi connectivity index (χ1) is 31.2. The van der Waals surface area contributed by atoms with Crippen LogP contribution in [0.1, 0.15) is 213 Å². The summed E-state index contributed by atoms with van der Waals surface area (Å²) in [7, 11) is 0. The Hall–Kier alpha value is -2.38. The molecule has 64 heavy (non-hydrogen) atoms. The zero-order chi connectivity index (χ0) is 46.7. The number of carbonyl (C=O) groups excluding carboxylic acids is 2. The Labute approximate surface area is 389 Å². The van der Waals surface area contributed by atoms with E-state index in [1.54, 1.807) is 6.08 Å². The van der Waals surface area contributed by atoms with E-state index in [9.17, 15) is 35.1 Å². The van der Waals surface area contributed by atoms with E-state index in [2.05, 4.69) is 55.6 Å². The molecule has 0 aromatic carbocycles. The monoisotopic (exact) mass is 906 g/mol. The Morgan fingerprint density at radius 3 is 1.61 bits per heavy atom. The fourth-order valence-corrected chi connectivity index (χ4v) is 7.69. The molecule has 0 radical (unpaired) electrons. The summed E-state index contributed by atoms with van der Waals surface area (Å²) in [5.74, 6) is -0.288. The van der Waals surface area contributed by atoms with E-state index in [1.165, 1.54) is 83.5 Å². The molecule has 372 valence electrons. The summed E-state index contributed by atoms with van der Waals surface area (Å²) in [4.78, 5) is 25.0. The normalized spacial score (nSPS) is 20.3. The van der Waals surface area contributed by atoms with Crippen LogP contribution in [0.2, 0.25) is 0 Å². The summed E-state index contributed by atoms with van der Waals surface area (Å²) in [6, 6.07) is -0.831. The minimum absolute atomic E-state index is 0.0720. The predicted molar refractivity (Wildman–Crippen MR) is 260 cm³/mol. The summed E-state index contributed by atoms with van der Waals surface area (Å²) in [6.07, 6.45) is 42.0. The summed E-state index contributed by atoms with van der Waals surface area (Å²) < 4.78 is 16.6. The van der Waals surface area contributed by atoms with Crippen LogP contribution >= 0.6 is 0 Å². The first-order valence-electron chi connectivity index (χ1n) is 25.9. The molecule has 1 aliphatic heterocycles. The van der Waals surface area contributed by atoms with Gasteiger partial charge in [0.25, 0.3) is 0 Å². The summed E-state index contributed by atoms with van der Waals surface area (Å²) >= 11 is 0. The van der Waals surface area contributed by atoms with Crippen molar-refractivity contribution in [3.8, 4) is 0 Å². The zero-order valence-corrected chi connectivity index (χ0v) is 40.5. The molecule has 0 bridgehead atoms. The van der Waals surface area contributed by atoms with Gasteiger partial charge in [-0.25, -0.2) is 0 Å². The molecule has 7 atom stereocenters. The average molecular weight is 906 g/mol. The molecule has 0 saturated carbocycles. The molecule has 1 rings (SSSR count). The standard InChI is InChI=1S/C53H95NO10/c1-3-5-7-9-11-13-14-15-16-17-18-21-25-29-33-37-41-49(58)62-42-38-34-30-26-22-19-20-24-28-32-36-40-48(57)54-45(46(56)39-35-31-27-23-12-10-8-6-4-2)44-63-53-52(61)51(60)50(59)47(43-55)64-53/h13-14,16-17,22,26,35,39,45-47,50-53,55-56,59-61H,3-12,15,18-21,23-25,27-34,36-38,40-44H2,1-2H3,(H,54,57)/b14-13-,17-16-,26-22-,39-35+. The van der Waals surface area contributed by atoms with Crippen LogP contribution in [0.3, 0.4) is 0 Å². The second-order valence-electron chi connectivity index (χ2n) is 17.9. The molecule has 1 fully saturated rings. The van der Waals surface area contributed by atoms with Crippen LogP contribution in [0.25, 0.3) is 0 Å². The van der Waals surface area contributed by atoms with E-state index >= 15 is 0 Å². The smallest absolute Gasteiger partial charge is 0.305 e. The first kappa shape index (κ1) is 59.6. The van der Waals surface area contributed by atoms with Crippen LogP contribution in [-0.4, -0.2) is 100 Å². The molecule has 11 nitrogen and oxygen atoms in total. The number of ether oxygens (including phenoxy) is 3. The summed E-state index contributed by atoms with van der Waals surface area (Å²) in [5, 5.41) is 54.0. The van der Waals surface area contributed by atoms with Crippen molar-refractivity contribution in [3.63, 3.8) is 0 Å². The van der Waals surface area contributed by atoms with Crippen molar-refractivity contribution in [2.24, 2.45) is 0 Å². The molecular formula is C53H95NO10. The van der Waals surface area contributed by atoms with Crippen LogP contribution in [0.5, 0.6) is 0 Å². The van der Waals surface area contributed by atoms with Gasteiger partial charge in [0.2, 0.25) is 5.91 Å². The van der Waals surface area contributed by atoms with Gasteiger partial charge in [-0.3, -0.25) is 9.59 Å². The molecular weight excluding hydrogens is 811 g/mol. The predicted octanol–water partition coefficient (Wildman–Crippen LogP) is 10.5. The molecule has 1 heterocycles. The van der Waals surface area contributed by atoms with Gasteiger partial charge in [-0.2, -0.15) is 0 Å². The molecule has 0 aromatic rings. The van der Waals surface area contributed by atoms with Gasteiger partial charge >= 0.3 is 5.97 Å². The summed E-state index contributed by atoms with van der Waals surface area (Å²) in [5.41, 5.74) is 0. The maximum absolute atomic E-state index is 12.9. The molecule has 1 amide bonds. The Morgan fingerprint density at radius 1 is 0.578 bits per heavy atom. The minimum atomic E-state index is -1.58. The Kier molecular flexibility index (Phi) is 40.3. The van der Waals surface area contributed by atoms with Crippen molar-refractivity contribution in [3.05, 3.63) is 48.6 Å². The Bertz CT molecular complexity index is 1210. The van der Waals surface area contributed by atoms with Crippen molar-refractivity contribution in [1.29, 1.82) is 0 Å². The fourth-order valence-electron chi connectivity index (χ4n) is 7.69. The number of nitrogens with one attached hydrogen (secondary N) is 1. The number of esters is 1. The number of aliphatic hydroxyl groups is 5. The fraction of sp³-hybridized carbons (Fsp3) is 0.811. The number of aliphatic hydroxyl groups excluding tert-OH is 5. The molecule has 6 N–H and O–H groups in total. The van der Waals surface area contributed by atoms with Gasteiger partial charge in [-0.05, 0) is 89.9 Å². The SMILES string of the molecule is CCCCCC/C=C\C/C=C\CCCCCCCC(=O)OCCCC/C=C\CCCCCCCC(=O)NC(COC1OC(CO)C(O)C(O)C1O)C(O)/C=C/CCCCCCCCC. The lowest BCUT2D eigenvalue weighted by atomic mass is 9.99. The van der Waals surface area contributed by atoms with Gasteiger partial charge in [0.15, 0.2) is 6.29 Å². The van der Waals surface area contributed by atoms with Gasteiger partial charge in [-0.15, -0.1) is 0 Å². The highest BCUT2D eigenvalue weighted by Crippen LogP contribution is 2.22. The number of rotatable bonds is 43. The maximum atomic E-state index is 12.9. The number of hydrogen-bond donors (Lipinski definition) is 6. The number of amides is 1. The van der Waals surface area contributed by atoms with Gasteiger partial charge in [0.1, 0.15) is 24.4 Å². The molecule has 1 aliphatic rings. The first-order valence-corrected chi connectivity index (χ1v) is 25.9. The van der Waals surface area contributed by atoms with E-state index in [4.69, 9.17) is 14.2 Å². The number of carbonyl (C=O) groups is 2. The minimum Gasteiger partial charge on any atom is -0.466 e. The van der Waals surface area contributed by atoms with E-state index < -0.39 is 49.5 Å². The van der Waals surface area contributed by atoms with Crippen molar-refractivity contribution in [1.82, 2.24) is 5.32 Å². The molecule has 0 aliphatic carbocycles. The summed E-state index contributed by atoms with van der Waals surface area (Å²) in [6.45, 7) is 4.16. The molecule has 7 unspecified atom stereocenters. The second kappa shape index (κ2) is 43.2. The Morgan fingerprint density at radius 2 is 1.05 bits per heavy atom. The van der Waals surface area contributed by atoms with E-state index in [0.717, 1.165) is 96.3 Å². The Balaban J connectivity index is 2.16. The highest BCUT2D eigenvalue weighted by molar-refractivity contribution is 5.76. The van der Waals surface area contributed by atoms with Crippen LogP contribution in [0, 0.1) is 0 Å². The van der Waals surface area contributed by atoms with E-state index in [-0.39, 0.29) is 18.5 Å². The van der Waals surface area contributed by atoms with Crippen LogP contribution in [0.15, 0.2) is 48.6 Å². The molecule has 0 spiro atoms.